The van der Waals surface area contributed by atoms with Gasteiger partial charge < -0.3 is 15.1 Å². The molecular formula is C14H26N4S. The van der Waals surface area contributed by atoms with Crippen molar-refractivity contribution >= 4 is 16.5 Å². The molecule has 0 saturated carbocycles. The predicted molar refractivity (Wildman–Crippen MR) is 83.0 cm³/mol. The van der Waals surface area contributed by atoms with Crippen molar-refractivity contribution < 1.29 is 0 Å². The molecule has 1 unspecified atom stereocenters. The first-order valence-electron chi connectivity index (χ1n) is 7.35. The molecule has 0 aromatic carbocycles. The number of nitrogens with one attached hydrogen (secondary N) is 1. The average molecular weight is 282 g/mol. The third-order valence-electron chi connectivity index (χ3n) is 3.93. The second-order valence-corrected chi connectivity index (χ2v) is 6.28. The van der Waals surface area contributed by atoms with Crippen LogP contribution in [0.4, 0.5) is 5.13 Å². The molecule has 0 radical (unpaired) electrons. The molecule has 5 heteroatoms. The fourth-order valence-corrected chi connectivity index (χ4v) is 3.63. The molecule has 1 aliphatic heterocycles. The van der Waals surface area contributed by atoms with Crippen LogP contribution in [0, 0.1) is 0 Å². The lowest BCUT2D eigenvalue weighted by Crippen LogP contribution is -2.35. The molecule has 108 valence electrons. The van der Waals surface area contributed by atoms with Crippen LogP contribution in [0.25, 0.3) is 0 Å². The van der Waals surface area contributed by atoms with Gasteiger partial charge in [-0.25, -0.2) is 4.98 Å². The molecule has 1 aromatic heterocycles. The normalized spacial score (nSPS) is 20.1. The summed E-state index contributed by atoms with van der Waals surface area (Å²) in [6.07, 6.45) is 4.69. The summed E-state index contributed by atoms with van der Waals surface area (Å²) in [5.74, 6) is 0. The number of likely N-dealkylation sites (tertiary alicyclic amines) is 1. The van der Waals surface area contributed by atoms with Gasteiger partial charge in [0, 0.05) is 43.3 Å². The molecule has 0 amide bonds. The van der Waals surface area contributed by atoms with Gasteiger partial charge >= 0.3 is 0 Å². The van der Waals surface area contributed by atoms with E-state index in [9.17, 15) is 0 Å². The van der Waals surface area contributed by atoms with E-state index in [1.54, 1.807) is 0 Å². The fourth-order valence-electron chi connectivity index (χ4n) is 2.62. The molecule has 1 aliphatic rings. The number of rotatable bonds is 7. The Morgan fingerprint density at radius 2 is 2.26 bits per heavy atom. The number of hydrogen-bond acceptors (Lipinski definition) is 5. The Balaban J connectivity index is 1.77. The smallest absolute Gasteiger partial charge is 0.185 e. The van der Waals surface area contributed by atoms with Gasteiger partial charge in [0.25, 0.3) is 0 Å². The number of likely N-dealkylation sites (N-methyl/N-ethyl adjacent to an activating group) is 1. The maximum Gasteiger partial charge on any atom is 0.185 e. The largest absolute Gasteiger partial charge is 0.349 e. The molecular weight excluding hydrogens is 256 g/mol. The van der Waals surface area contributed by atoms with E-state index in [2.05, 4.69) is 41.0 Å². The Morgan fingerprint density at radius 1 is 1.47 bits per heavy atom. The lowest BCUT2D eigenvalue weighted by atomic mass is 10.2. The summed E-state index contributed by atoms with van der Waals surface area (Å²) >= 11 is 1.81. The van der Waals surface area contributed by atoms with Gasteiger partial charge in [0.1, 0.15) is 0 Å². The topological polar surface area (TPSA) is 31.4 Å². The molecule has 0 spiro atoms. The Hall–Kier alpha value is -0.650. The van der Waals surface area contributed by atoms with Crippen molar-refractivity contribution in [2.45, 2.75) is 39.3 Å². The van der Waals surface area contributed by atoms with Crippen LogP contribution in [0.3, 0.4) is 0 Å². The summed E-state index contributed by atoms with van der Waals surface area (Å²) in [6.45, 7) is 9.71. The van der Waals surface area contributed by atoms with Crippen molar-refractivity contribution in [1.82, 2.24) is 15.2 Å². The lowest BCUT2D eigenvalue weighted by Gasteiger charge is -2.19. The third-order valence-corrected chi connectivity index (χ3v) is 4.98. The van der Waals surface area contributed by atoms with Crippen LogP contribution in [0.2, 0.25) is 0 Å². The van der Waals surface area contributed by atoms with Crippen LogP contribution >= 0.6 is 11.3 Å². The van der Waals surface area contributed by atoms with Gasteiger partial charge in [0.15, 0.2) is 5.13 Å². The van der Waals surface area contributed by atoms with Crippen LogP contribution < -0.4 is 10.2 Å². The lowest BCUT2D eigenvalue weighted by molar-refractivity contribution is 0.300. The van der Waals surface area contributed by atoms with Crippen molar-refractivity contribution in [3.63, 3.8) is 0 Å². The molecule has 1 atom stereocenters. The summed E-state index contributed by atoms with van der Waals surface area (Å²) in [4.78, 5) is 10.6. The zero-order chi connectivity index (χ0) is 13.7. The van der Waals surface area contributed by atoms with Gasteiger partial charge in [-0.2, -0.15) is 0 Å². The van der Waals surface area contributed by atoms with Gasteiger partial charge in [-0.05, 0) is 40.3 Å². The van der Waals surface area contributed by atoms with E-state index in [0.29, 0.717) is 0 Å². The second kappa shape index (κ2) is 7.22. The van der Waals surface area contributed by atoms with Gasteiger partial charge in [-0.15, -0.1) is 11.3 Å². The van der Waals surface area contributed by atoms with Gasteiger partial charge in [0.2, 0.25) is 0 Å². The van der Waals surface area contributed by atoms with E-state index >= 15 is 0 Å². The Morgan fingerprint density at radius 3 is 2.89 bits per heavy atom. The highest BCUT2D eigenvalue weighted by atomic mass is 32.1. The molecule has 2 rings (SSSR count). The summed E-state index contributed by atoms with van der Waals surface area (Å²) in [5.41, 5.74) is 0. The van der Waals surface area contributed by atoms with E-state index in [4.69, 9.17) is 0 Å². The molecule has 1 N–H and O–H groups in total. The first-order chi connectivity index (χ1) is 9.24. The molecule has 0 bridgehead atoms. The van der Waals surface area contributed by atoms with Crippen molar-refractivity contribution in [2.75, 3.05) is 38.1 Å². The summed E-state index contributed by atoms with van der Waals surface area (Å²) < 4.78 is 0. The highest BCUT2D eigenvalue weighted by Crippen LogP contribution is 2.22. The average Bonchev–Trinajstić information content (AvgIpc) is 3.02. The first kappa shape index (κ1) is 14.8. The van der Waals surface area contributed by atoms with E-state index in [-0.39, 0.29) is 0 Å². The van der Waals surface area contributed by atoms with Crippen molar-refractivity contribution in [1.29, 1.82) is 0 Å². The standard InChI is InChI=1S/C14H26N4S/c1-4-18(5-2)14-16-11-13(19-14)10-15-9-12-7-6-8-17(12)3/h11-12,15H,4-10H2,1-3H3. The highest BCUT2D eigenvalue weighted by molar-refractivity contribution is 7.15. The monoisotopic (exact) mass is 282 g/mol. The van der Waals surface area contributed by atoms with Gasteiger partial charge in [-0.3, -0.25) is 0 Å². The van der Waals surface area contributed by atoms with Crippen LogP contribution in [0.1, 0.15) is 31.6 Å². The highest BCUT2D eigenvalue weighted by Gasteiger charge is 2.20. The first-order valence-corrected chi connectivity index (χ1v) is 8.16. The van der Waals surface area contributed by atoms with Gasteiger partial charge in [0.05, 0.1) is 0 Å². The third kappa shape index (κ3) is 3.91. The minimum atomic E-state index is 0.718. The van der Waals surface area contributed by atoms with Crippen LogP contribution in [0.15, 0.2) is 6.20 Å². The summed E-state index contributed by atoms with van der Waals surface area (Å²) in [7, 11) is 2.23. The van der Waals surface area contributed by atoms with Crippen LogP contribution in [0.5, 0.6) is 0 Å². The molecule has 4 nitrogen and oxygen atoms in total. The maximum absolute atomic E-state index is 4.52. The summed E-state index contributed by atoms with van der Waals surface area (Å²) in [6, 6.07) is 0.718. The molecule has 1 aromatic rings. The molecule has 1 fully saturated rings. The molecule has 19 heavy (non-hydrogen) atoms. The van der Waals surface area contributed by atoms with Crippen molar-refractivity contribution in [2.24, 2.45) is 0 Å². The van der Waals surface area contributed by atoms with Crippen LogP contribution in [-0.2, 0) is 6.54 Å². The quantitative estimate of drug-likeness (QED) is 0.830. The SMILES string of the molecule is CCN(CC)c1ncc(CNCC2CCCN2C)s1. The molecule has 0 aliphatic carbocycles. The van der Waals surface area contributed by atoms with Gasteiger partial charge in [-0.1, -0.05) is 0 Å². The molecule has 1 saturated heterocycles. The van der Waals surface area contributed by atoms with E-state index in [1.165, 1.54) is 24.3 Å². The molecule has 2 heterocycles. The number of thiazole rings is 1. The Labute approximate surface area is 120 Å². The predicted octanol–water partition coefficient (Wildman–Crippen LogP) is 2.17. The van der Waals surface area contributed by atoms with E-state index < -0.39 is 0 Å². The maximum atomic E-state index is 4.52. The Bertz CT molecular complexity index is 375. The van der Waals surface area contributed by atoms with Crippen molar-refractivity contribution in [3.05, 3.63) is 11.1 Å². The second-order valence-electron chi connectivity index (χ2n) is 5.19. The zero-order valence-electron chi connectivity index (χ0n) is 12.4. The zero-order valence-corrected chi connectivity index (χ0v) is 13.2. The van der Waals surface area contributed by atoms with E-state index in [0.717, 1.165) is 37.4 Å². The number of aromatic nitrogens is 1. The minimum absolute atomic E-state index is 0.718. The van der Waals surface area contributed by atoms with E-state index in [1.807, 2.05) is 17.5 Å². The van der Waals surface area contributed by atoms with Crippen LogP contribution in [-0.4, -0.2) is 49.2 Å². The summed E-state index contributed by atoms with van der Waals surface area (Å²) in [5, 5.41) is 4.73. The number of anilines is 1. The fraction of sp³-hybridized carbons (Fsp3) is 0.786. The Kier molecular flexibility index (Phi) is 5.60. The van der Waals surface area contributed by atoms with Crippen molar-refractivity contribution in [3.8, 4) is 0 Å². The minimum Gasteiger partial charge on any atom is -0.349 e. The number of nitrogens with zero attached hydrogens (tertiary/aromatic N) is 3. The number of hydrogen-bond donors (Lipinski definition) is 1.